The number of hydrogen-bond donors (Lipinski definition) is 2. The van der Waals surface area contributed by atoms with Gasteiger partial charge in [-0.2, -0.15) is 0 Å². The predicted molar refractivity (Wildman–Crippen MR) is 71.2 cm³/mol. The Labute approximate surface area is 107 Å². The number of nitrogens with zero attached hydrogens (tertiary/aromatic N) is 1. The zero-order valence-electron chi connectivity index (χ0n) is 8.61. The van der Waals surface area contributed by atoms with Crippen LogP contribution >= 0.6 is 27.3 Å². The maximum atomic E-state index is 5.90. The monoisotopic (exact) mass is 297 g/mol. The van der Waals surface area contributed by atoms with E-state index in [1.165, 1.54) is 0 Å². The van der Waals surface area contributed by atoms with E-state index in [1.54, 1.807) is 11.3 Å². The molecule has 0 aliphatic rings. The van der Waals surface area contributed by atoms with E-state index < -0.39 is 0 Å². The molecule has 3 N–H and O–H groups in total. The van der Waals surface area contributed by atoms with Gasteiger partial charge in [0, 0.05) is 34.8 Å². The van der Waals surface area contributed by atoms with Crippen LogP contribution in [-0.4, -0.2) is 4.98 Å². The molecule has 0 spiro atoms. The van der Waals surface area contributed by atoms with Gasteiger partial charge < -0.3 is 11.1 Å². The number of hydrogen-bond acceptors (Lipinski definition) is 4. The highest BCUT2D eigenvalue weighted by Crippen LogP contribution is 2.18. The fraction of sp³-hybridized carbons (Fsp3) is 0.182. The number of nitrogens with two attached hydrogens (primary N) is 1. The molecule has 5 heteroatoms. The Morgan fingerprint density at radius 3 is 2.94 bits per heavy atom. The summed E-state index contributed by atoms with van der Waals surface area (Å²) in [6.45, 7) is 1.55. The lowest BCUT2D eigenvalue weighted by atomic mass is 10.2. The van der Waals surface area contributed by atoms with Crippen LogP contribution < -0.4 is 11.1 Å². The summed E-state index contributed by atoms with van der Waals surface area (Å²) in [5.41, 5.74) is 7.82. The molecule has 2 rings (SSSR count). The number of nitrogens with one attached hydrogen (secondary N) is 1. The maximum Gasteiger partial charge on any atom is 0.106 e. The summed E-state index contributed by atoms with van der Waals surface area (Å²) in [6, 6.07) is 5.94. The molecular weight excluding hydrogens is 286 g/mol. The molecule has 0 radical (unpaired) electrons. The Morgan fingerprint density at radius 1 is 1.38 bits per heavy atom. The zero-order chi connectivity index (χ0) is 11.4. The third kappa shape index (κ3) is 3.04. The van der Waals surface area contributed by atoms with E-state index in [4.69, 9.17) is 5.73 Å². The number of thiazole rings is 1. The Bertz CT molecular complexity index is 456. The summed E-state index contributed by atoms with van der Waals surface area (Å²) in [6.07, 6.45) is 1.82. The van der Waals surface area contributed by atoms with Crippen molar-refractivity contribution in [3.8, 4) is 0 Å². The second kappa shape index (κ2) is 5.43. The van der Waals surface area contributed by atoms with Crippen molar-refractivity contribution in [1.29, 1.82) is 0 Å². The van der Waals surface area contributed by atoms with Gasteiger partial charge in [0.25, 0.3) is 0 Å². The minimum atomic E-state index is 0.763. The summed E-state index contributed by atoms with van der Waals surface area (Å²) < 4.78 is 1.01. The predicted octanol–water partition coefficient (Wildman–Crippen LogP) is 2.78. The fourth-order valence-corrected chi connectivity index (χ4v) is 2.34. The van der Waals surface area contributed by atoms with Crippen LogP contribution in [0.15, 0.2) is 34.2 Å². The van der Waals surface area contributed by atoms with E-state index >= 15 is 0 Å². The van der Waals surface area contributed by atoms with E-state index in [9.17, 15) is 0 Å². The highest BCUT2D eigenvalue weighted by Gasteiger charge is 2.00. The normalized spacial score (nSPS) is 10.6. The third-order valence-electron chi connectivity index (χ3n) is 2.18. The standard InChI is InChI=1S/C11H12BrN3S/c12-9-2-1-8(10(13)5-9)6-14-7-11-15-3-4-16-11/h1-5,14H,6-7,13H2. The molecule has 0 saturated carbocycles. The van der Waals surface area contributed by atoms with Crippen LogP contribution in [0.4, 0.5) is 5.69 Å². The first-order valence-corrected chi connectivity index (χ1v) is 6.56. The first-order valence-electron chi connectivity index (χ1n) is 4.88. The highest BCUT2D eigenvalue weighted by atomic mass is 79.9. The molecule has 0 unspecified atom stereocenters. The molecule has 0 saturated heterocycles. The average molecular weight is 298 g/mol. The lowest BCUT2D eigenvalue weighted by Crippen LogP contribution is -2.13. The number of halogens is 1. The Hall–Kier alpha value is -0.910. The Morgan fingerprint density at radius 2 is 2.25 bits per heavy atom. The van der Waals surface area contributed by atoms with Crippen LogP contribution in [0, 0.1) is 0 Å². The first-order chi connectivity index (χ1) is 7.75. The maximum absolute atomic E-state index is 5.90. The molecule has 2 aromatic rings. The molecule has 1 heterocycles. The van der Waals surface area contributed by atoms with Gasteiger partial charge in [-0.05, 0) is 17.7 Å². The van der Waals surface area contributed by atoms with E-state index in [-0.39, 0.29) is 0 Å². The molecule has 1 aromatic heterocycles. The molecule has 0 aliphatic heterocycles. The molecule has 0 bridgehead atoms. The van der Waals surface area contributed by atoms with E-state index in [0.717, 1.165) is 33.8 Å². The molecule has 0 fully saturated rings. The number of aromatic nitrogens is 1. The van der Waals surface area contributed by atoms with Crippen LogP contribution in [0.2, 0.25) is 0 Å². The topological polar surface area (TPSA) is 50.9 Å². The largest absolute Gasteiger partial charge is 0.398 e. The molecule has 0 atom stereocenters. The second-order valence-electron chi connectivity index (χ2n) is 3.37. The Balaban J connectivity index is 1.90. The van der Waals surface area contributed by atoms with Crippen LogP contribution in [0.1, 0.15) is 10.6 Å². The number of nitrogen functional groups attached to an aromatic ring is 1. The Kier molecular flexibility index (Phi) is 3.93. The zero-order valence-corrected chi connectivity index (χ0v) is 11.0. The molecule has 0 aliphatic carbocycles. The molecule has 1 aromatic carbocycles. The van der Waals surface area contributed by atoms with Gasteiger partial charge in [-0.25, -0.2) is 4.98 Å². The van der Waals surface area contributed by atoms with Crippen LogP contribution in [0.25, 0.3) is 0 Å². The van der Waals surface area contributed by atoms with Gasteiger partial charge in [0.2, 0.25) is 0 Å². The van der Waals surface area contributed by atoms with Crippen LogP contribution in [0.5, 0.6) is 0 Å². The summed E-state index contributed by atoms with van der Waals surface area (Å²) in [5, 5.41) is 6.39. The smallest absolute Gasteiger partial charge is 0.106 e. The van der Waals surface area contributed by atoms with E-state index in [2.05, 4.69) is 26.2 Å². The fourth-order valence-electron chi connectivity index (χ4n) is 1.37. The average Bonchev–Trinajstić information content (AvgIpc) is 2.74. The minimum absolute atomic E-state index is 0.763. The van der Waals surface area contributed by atoms with Crippen molar-refractivity contribution in [2.45, 2.75) is 13.1 Å². The summed E-state index contributed by atoms with van der Waals surface area (Å²) in [4.78, 5) is 4.20. The first kappa shape index (κ1) is 11.6. The SMILES string of the molecule is Nc1cc(Br)ccc1CNCc1nccs1. The number of anilines is 1. The van der Waals surface area contributed by atoms with Crippen molar-refractivity contribution in [3.05, 3.63) is 44.8 Å². The molecule has 0 amide bonds. The number of benzene rings is 1. The molecule has 3 nitrogen and oxygen atoms in total. The van der Waals surface area contributed by atoms with Gasteiger partial charge in [0.1, 0.15) is 5.01 Å². The minimum Gasteiger partial charge on any atom is -0.398 e. The van der Waals surface area contributed by atoms with Gasteiger partial charge >= 0.3 is 0 Å². The molecule has 16 heavy (non-hydrogen) atoms. The van der Waals surface area contributed by atoms with Crippen molar-refractivity contribution in [2.75, 3.05) is 5.73 Å². The quantitative estimate of drug-likeness (QED) is 0.853. The third-order valence-corrected chi connectivity index (χ3v) is 3.46. The molecular formula is C11H12BrN3S. The van der Waals surface area contributed by atoms with Crippen molar-refractivity contribution in [2.24, 2.45) is 0 Å². The van der Waals surface area contributed by atoms with E-state index in [1.807, 2.05) is 29.8 Å². The van der Waals surface area contributed by atoms with Crippen molar-refractivity contribution in [1.82, 2.24) is 10.3 Å². The lowest BCUT2D eigenvalue weighted by Gasteiger charge is -2.06. The van der Waals surface area contributed by atoms with Crippen molar-refractivity contribution >= 4 is 33.0 Å². The second-order valence-corrected chi connectivity index (χ2v) is 5.27. The van der Waals surface area contributed by atoms with Gasteiger partial charge in [-0.15, -0.1) is 11.3 Å². The van der Waals surface area contributed by atoms with Crippen LogP contribution in [0.3, 0.4) is 0 Å². The van der Waals surface area contributed by atoms with Gasteiger partial charge in [0.15, 0.2) is 0 Å². The molecule has 84 valence electrons. The van der Waals surface area contributed by atoms with Gasteiger partial charge in [-0.1, -0.05) is 22.0 Å². The summed E-state index contributed by atoms with van der Waals surface area (Å²) in [5.74, 6) is 0. The van der Waals surface area contributed by atoms with Gasteiger partial charge in [0.05, 0.1) is 0 Å². The van der Waals surface area contributed by atoms with Crippen LogP contribution in [-0.2, 0) is 13.1 Å². The lowest BCUT2D eigenvalue weighted by molar-refractivity contribution is 0.691. The van der Waals surface area contributed by atoms with Gasteiger partial charge in [-0.3, -0.25) is 0 Å². The highest BCUT2D eigenvalue weighted by molar-refractivity contribution is 9.10. The summed E-state index contributed by atoms with van der Waals surface area (Å²) >= 11 is 5.04. The number of rotatable bonds is 4. The van der Waals surface area contributed by atoms with Crippen molar-refractivity contribution in [3.63, 3.8) is 0 Å². The van der Waals surface area contributed by atoms with Crippen molar-refractivity contribution < 1.29 is 0 Å². The van der Waals surface area contributed by atoms with E-state index in [0.29, 0.717) is 0 Å². The summed E-state index contributed by atoms with van der Waals surface area (Å²) in [7, 11) is 0.